The summed E-state index contributed by atoms with van der Waals surface area (Å²) in [7, 11) is 0. The van der Waals surface area contributed by atoms with Gasteiger partial charge in [-0.05, 0) is 32.6 Å². The molecule has 0 aromatic carbocycles. The Balaban J connectivity index is 1.92. The Labute approximate surface area is 119 Å². The molecule has 0 bridgehead atoms. The number of hydrogen-bond donors (Lipinski definition) is 1. The van der Waals surface area contributed by atoms with Crippen molar-refractivity contribution in [2.24, 2.45) is 5.92 Å². The van der Waals surface area contributed by atoms with Crippen molar-refractivity contribution >= 4 is 17.7 Å². The SMILES string of the molecule is Cc1nc(SCC(=O)NCC(C)C)n(C2CC2)c1C. The molecule has 5 heteroatoms. The Morgan fingerprint density at radius 2 is 2.16 bits per heavy atom. The minimum atomic E-state index is 0.0966. The Hall–Kier alpha value is -0.970. The molecule has 0 aliphatic heterocycles. The maximum atomic E-state index is 11.7. The number of thioether (sulfide) groups is 1. The summed E-state index contributed by atoms with van der Waals surface area (Å²) in [6.07, 6.45) is 2.48. The molecule has 4 nitrogen and oxygen atoms in total. The second kappa shape index (κ2) is 5.99. The summed E-state index contributed by atoms with van der Waals surface area (Å²) in [5.41, 5.74) is 2.32. The molecule has 0 radical (unpaired) electrons. The summed E-state index contributed by atoms with van der Waals surface area (Å²) in [6.45, 7) is 9.09. The van der Waals surface area contributed by atoms with Crippen LogP contribution in [0.15, 0.2) is 5.16 Å². The van der Waals surface area contributed by atoms with E-state index in [1.807, 2.05) is 6.92 Å². The van der Waals surface area contributed by atoms with Crippen molar-refractivity contribution in [1.82, 2.24) is 14.9 Å². The van der Waals surface area contributed by atoms with Crippen LogP contribution in [0.2, 0.25) is 0 Å². The molecule has 1 saturated carbocycles. The van der Waals surface area contributed by atoms with E-state index in [2.05, 4.69) is 35.6 Å². The molecule has 1 amide bonds. The van der Waals surface area contributed by atoms with E-state index < -0.39 is 0 Å². The van der Waals surface area contributed by atoms with Crippen LogP contribution in [0, 0.1) is 19.8 Å². The molecule has 19 heavy (non-hydrogen) atoms. The molecule has 1 aliphatic carbocycles. The van der Waals surface area contributed by atoms with E-state index in [0.717, 1.165) is 17.4 Å². The molecule has 1 N–H and O–H groups in total. The first-order valence-corrected chi connectivity index (χ1v) is 7.92. The number of amides is 1. The largest absolute Gasteiger partial charge is 0.355 e. The van der Waals surface area contributed by atoms with E-state index in [9.17, 15) is 4.79 Å². The highest BCUT2D eigenvalue weighted by atomic mass is 32.2. The van der Waals surface area contributed by atoms with Gasteiger partial charge in [0.15, 0.2) is 5.16 Å². The number of nitrogens with zero attached hydrogens (tertiary/aromatic N) is 2. The minimum absolute atomic E-state index is 0.0966. The number of aromatic nitrogens is 2. The first kappa shape index (κ1) is 14.4. The Morgan fingerprint density at radius 1 is 1.47 bits per heavy atom. The summed E-state index contributed by atoms with van der Waals surface area (Å²) in [5.74, 6) is 1.04. The van der Waals surface area contributed by atoms with Gasteiger partial charge in [-0.3, -0.25) is 4.79 Å². The lowest BCUT2D eigenvalue weighted by atomic mass is 10.2. The van der Waals surface area contributed by atoms with Gasteiger partial charge in [0.1, 0.15) is 0 Å². The number of aryl methyl sites for hydroxylation is 1. The van der Waals surface area contributed by atoms with Crippen LogP contribution in [0.1, 0.15) is 44.1 Å². The van der Waals surface area contributed by atoms with Gasteiger partial charge in [-0.15, -0.1) is 0 Å². The summed E-state index contributed by atoms with van der Waals surface area (Å²) < 4.78 is 2.30. The first-order valence-electron chi connectivity index (χ1n) is 6.94. The van der Waals surface area contributed by atoms with Gasteiger partial charge >= 0.3 is 0 Å². The number of carbonyl (C=O) groups is 1. The number of rotatable bonds is 6. The fourth-order valence-electron chi connectivity index (χ4n) is 1.96. The highest BCUT2D eigenvalue weighted by molar-refractivity contribution is 7.99. The maximum Gasteiger partial charge on any atom is 0.230 e. The predicted octanol–water partition coefficient (Wildman–Crippen LogP) is 2.70. The van der Waals surface area contributed by atoms with Crippen molar-refractivity contribution in [3.63, 3.8) is 0 Å². The average Bonchev–Trinajstić information content (AvgIpc) is 3.13. The zero-order valence-electron chi connectivity index (χ0n) is 12.2. The van der Waals surface area contributed by atoms with Gasteiger partial charge < -0.3 is 9.88 Å². The van der Waals surface area contributed by atoms with Crippen LogP contribution >= 0.6 is 11.8 Å². The number of hydrogen-bond acceptors (Lipinski definition) is 3. The molecular weight excluding hydrogens is 258 g/mol. The van der Waals surface area contributed by atoms with E-state index in [0.29, 0.717) is 17.7 Å². The normalized spacial score (nSPS) is 15.0. The molecule has 106 valence electrons. The topological polar surface area (TPSA) is 46.9 Å². The zero-order chi connectivity index (χ0) is 14.0. The predicted molar refractivity (Wildman–Crippen MR) is 78.5 cm³/mol. The van der Waals surface area contributed by atoms with Gasteiger partial charge in [0, 0.05) is 18.3 Å². The quantitative estimate of drug-likeness (QED) is 0.816. The zero-order valence-corrected chi connectivity index (χ0v) is 13.0. The van der Waals surface area contributed by atoms with Gasteiger partial charge in [0.25, 0.3) is 0 Å². The lowest BCUT2D eigenvalue weighted by Gasteiger charge is -2.09. The number of nitrogens with one attached hydrogen (secondary N) is 1. The van der Waals surface area contributed by atoms with Crippen molar-refractivity contribution in [3.05, 3.63) is 11.4 Å². The van der Waals surface area contributed by atoms with E-state index in [4.69, 9.17) is 0 Å². The van der Waals surface area contributed by atoms with Crippen LogP contribution in [-0.2, 0) is 4.79 Å². The van der Waals surface area contributed by atoms with Crippen LogP contribution in [-0.4, -0.2) is 27.8 Å². The molecule has 1 fully saturated rings. The van der Waals surface area contributed by atoms with E-state index in [1.165, 1.54) is 18.5 Å². The van der Waals surface area contributed by atoms with E-state index in [-0.39, 0.29) is 5.91 Å². The van der Waals surface area contributed by atoms with Crippen molar-refractivity contribution in [2.75, 3.05) is 12.3 Å². The Kier molecular flexibility index (Phi) is 4.55. The summed E-state index contributed by atoms with van der Waals surface area (Å²) >= 11 is 1.55. The Morgan fingerprint density at radius 3 is 2.74 bits per heavy atom. The first-order chi connectivity index (χ1) is 8.99. The molecule has 1 aliphatic rings. The fourth-order valence-corrected chi connectivity index (χ4v) is 2.95. The van der Waals surface area contributed by atoms with E-state index >= 15 is 0 Å². The third-order valence-electron chi connectivity index (χ3n) is 3.31. The number of carbonyl (C=O) groups excluding carboxylic acids is 1. The van der Waals surface area contributed by atoms with Gasteiger partial charge in [-0.2, -0.15) is 0 Å². The van der Waals surface area contributed by atoms with Crippen molar-refractivity contribution in [2.45, 2.75) is 51.7 Å². The van der Waals surface area contributed by atoms with Gasteiger partial charge in [0.2, 0.25) is 5.91 Å². The van der Waals surface area contributed by atoms with Crippen LogP contribution in [0.3, 0.4) is 0 Å². The lowest BCUT2D eigenvalue weighted by Crippen LogP contribution is -2.28. The highest BCUT2D eigenvalue weighted by Crippen LogP contribution is 2.39. The van der Waals surface area contributed by atoms with Crippen molar-refractivity contribution in [1.29, 1.82) is 0 Å². The molecule has 1 heterocycles. The summed E-state index contributed by atoms with van der Waals surface area (Å²) in [6, 6.07) is 0.613. The standard InChI is InChI=1S/C14H23N3OS/c1-9(2)7-15-13(18)8-19-14-16-10(3)11(4)17(14)12-5-6-12/h9,12H,5-8H2,1-4H3,(H,15,18). The van der Waals surface area contributed by atoms with Gasteiger partial charge in [-0.1, -0.05) is 25.6 Å². The molecule has 1 aromatic heterocycles. The molecule has 2 rings (SSSR count). The molecule has 0 spiro atoms. The van der Waals surface area contributed by atoms with E-state index in [1.54, 1.807) is 11.8 Å². The molecule has 0 atom stereocenters. The van der Waals surface area contributed by atoms with Gasteiger partial charge in [-0.25, -0.2) is 4.98 Å². The monoisotopic (exact) mass is 281 g/mol. The second-order valence-corrected chi connectivity index (χ2v) is 6.60. The smallest absolute Gasteiger partial charge is 0.230 e. The molecular formula is C14H23N3OS. The summed E-state index contributed by atoms with van der Waals surface area (Å²) in [5, 5.41) is 3.94. The van der Waals surface area contributed by atoms with Crippen LogP contribution < -0.4 is 5.32 Å². The molecule has 0 unspecified atom stereocenters. The van der Waals surface area contributed by atoms with Crippen molar-refractivity contribution < 1.29 is 4.79 Å². The fraction of sp³-hybridized carbons (Fsp3) is 0.714. The highest BCUT2D eigenvalue weighted by Gasteiger charge is 2.28. The second-order valence-electron chi connectivity index (χ2n) is 5.65. The lowest BCUT2D eigenvalue weighted by molar-refractivity contribution is -0.118. The van der Waals surface area contributed by atoms with Crippen LogP contribution in [0.5, 0.6) is 0 Å². The molecule has 0 saturated heterocycles. The number of imidazole rings is 1. The average molecular weight is 281 g/mol. The summed E-state index contributed by atoms with van der Waals surface area (Å²) in [4.78, 5) is 16.3. The third kappa shape index (κ3) is 3.75. The minimum Gasteiger partial charge on any atom is -0.355 e. The molecule has 1 aromatic rings. The third-order valence-corrected chi connectivity index (χ3v) is 4.26. The van der Waals surface area contributed by atoms with Crippen LogP contribution in [0.25, 0.3) is 0 Å². The van der Waals surface area contributed by atoms with Gasteiger partial charge in [0.05, 0.1) is 11.4 Å². The van der Waals surface area contributed by atoms with Crippen molar-refractivity contribution in [3.8, 4) is 0 Å². The Bertz CT molecular complexity index is 464. The van der Waals surface area contributed by atoms with Crippen LogP contribution in [0.4, 0.5) is 0 Å². The maximum absolute atomic E-state index is 11.7.